The molecule has 0 radical (unpaired) electrons. The van der Waals surface area contributed by atoms with Gasteiger partial charge in [0.25, 0.3) is 0 Å². The SMILES string of the molecule is O=C(O)c1ccc(N=Cc2ccc(-c3ccc(C(=O)O)cc3)o2)cc1. The fraction of sp³-hybridized carbons (Fsp3) is 0. The molecule has 2 N–H and O–H groups in total. The molecule has 0 amide bonds. The van der Waals surface area contributed by atoms with Crippen LogP contribution in [0.3, 0.4) is 0 Å². The van der Waals surface area contributed by atoms with Crippen LogP contribution < -0.4 is 0 Å². The van der Waals surface area contributed by atoms with Crippen molar-refractivity contribution in [3.63, 3.8) is 0 Å². The van der Waals surface area contributed by atoms with E-state index in [2.05, 4.69) is 4.99 Å². The Bertz CT molecular complexity index is 937. The van der Waals surface area contributed by atoms with Gasteiger partial charge in [0.15, 0.2) is 0 Å². The Morgan fingerprint density at radius 3 is 1.92 bits per heavy atom. The van der Waals surface area contributed by atoms with Gasteiger partial charge in [0.05, 0.1) is 23.0 Å². The molecule has 3 aromatic rings. The highest BCUT2D eigenvalue weighted by molar-refractivity contribution is 5.89. The van der Waals surface area contributed by atoms with E-state index in [1.54, 1.807) is 36.4 Å². The van der Waals surface area contributed by atoms with E-state index in [-0.39, 0.29) is 11.1 Å². The van der Waals surface area contributed by atoms with Crippen LogP contribution in [0.1, 0.15) is 26.5 Å². The van der Waals surface area contributed by atoms with E-state index < -0.39 is 11.9 Å². The van der Waals surface area contributed by atoms with Crippen LogP contribution >= 0.6 is 0 Å². The first-order chi connectivity index (χ1) is 12.0. The van der Waals surface area contributed by atoms with Crippen LogP contribution in [0.15, 0.2) is 70.1 Å². The minimum Gasteiger partial charge on any atom is -0.478 e. The van der Waals surface area contributed by atoms with Crippen molar-refractivity contribution in [3.8, 4) is 11.3 Å². The Balaban J connectivity index is 1.74. The number of nitrogens with zero attached hydrogens (tertiary/aromatic N) is 1. The van der Waals surface area contributed by atoms with Crippen molar-refractivity contribution in [1.82, 2.24) is 0 Å². The van der Waals surface area contributed by atoms with Gasteiger partial charge in [0.1, 0.15) is 11.5 Å². The number of hydrogen-bond acceptors (Lipinski definition) is 4. The molecule has 0 aliphatic heterocycles. The predicted octanol–water partition coefficient (Wildman–Crippen LogP) is 4.09. The number of aliphatic imine (C=N–C) groups is 1. The second-order valence-corrected chi connectivity index (χ2v) is 5.19. The van der Waals surface area contributed by atoms with E-state index in [1.165, 1.54) is 30.5 Å². The minimum atomic E-state index is -0.986. The number of hydrogen-bond donors (Lipinski definition) is 2. The number of benzene rings is 2. The van der Waals surface area contributed by atoms with Gasteiger partial charge in [-0.25, -0.2) is 9.59 Å². The number of furan rings is 1. The van der Waals surface area contributed by atoms with Crippen LogP contribution in [0.5, 0.6) is 0 Å². The zero-order valence-electron chi connectivity index (χ0n) is 12.9. The molecule has 124 valence electrons. The number of aromatic carboxylic acids is 2. The molecule has 0 unspecified atom stereocenters. The first-order valence-corrected chi connectivity index (χ1v) is 7.34. The molecule has 1 aromatic heterocycles. The summed E-state index contributed by atoms with van der Waals surface area (Å²) in [6.45, 7) is 0. The molecule has 0 atom stereocenters. The second kappa shape index (κ2) is 6.84. The lowest BCUT2D eigenvalue weighted by molar-refractivity contribution is 0.0686. The average Bonchev–Trinajstić information content (AvgIpc) is 3.09. The van der Waals surface area contributed by atoms with Gasteiger partial charge in [0.2, 0.25) is 0 Å². The highest BCUT2D eigenvalue weighted by Gasteiger charge is 2.06. The summed E-state index contributed by atoms with van der Waals surface area (Å²) in [6, 6.07) is 16.1. The zero-order chi connectivity index (χ0) is 17.8. The quantitative estimate of drug-likeness (QED) is 0.684. The number of carboxylic acids is 2. The first kappa shape index (κ1) is 16.2. The van der Waals surface area contributed by atoms with Crippen LogP contribution in [-0.4, -0.2) is 28.4 Å². The molecule has 6 heteroatoms. The van der Waals surface area contributed by atoms with Gasteiger partial charge in [-0.3, -0.25) is 4.99 Å². The Hall–Kier alpha value is -3.67. The van der Waals surface area contributed by atoms with Crippen molar-refractivity contribution in [2.75, 3.05) is 0 Å². The standard InChI is InChI=1S/C19H13NO5/c21-18(22)13-3-1-12(2-4-13)17-10-9-16(25-17)11-20-15-7-5-14(6-8-15)19(23)24/h1-11H,(H,21,22)(H,23,24). The molecule has 0 fully saturated rings. The number of carboxylic acid groups (broad SMARTS) is 2. The maximum absolute atomic E-state index is 10.9. The molecule has 6 nitrogen and oxygen atoms in total. The maximum atomic E-state index is 10.9. The third kappa shape index (κ3) is 3.81. The normalized spacial score (nSPS) is 10.9. The molecule has 0 saturated heterocycles. The van der Waals surface area contributed by atoms with Crippen LogP contribution in [0, 0.1) is 0 Å². The van der Waals surface area contributed by atoms with Gasteiger partial charge in [-0.2, -0.15) is 0 Å². The molecule has 0 spiro atoms. The van der Waals surface area contributed by atoms with E-state index in [9.17, 15) is 9.59 Å². The Labute approximate surface area is 142 Å². The zero-order valence-corrected chi connectivity index (χ0v) is 12.9. The van der Waals surface area contributed by atoms with Crippen LogP contribution in [0.25, 0.3) is 11.3 Å². The summed E-state index contributed by atoms with van der Waals surface area (Å²) in [4.78, 5) is 25.9. The van der Waals surface area contributed by atoms with Crippen molar-refractivity contribution in [3.05, 3.63) is 77.6 Å². The molecule has 0 bridgehead atoms. The summed E-state index contributed by atoms with van der Waals surface area (Å²) < 4.78 is 5.66. The Kier molecular flexibility index (Phi) is 4.43. The summed E-state index contributed by atoms with van der Waals surface area (Å²) in [5.74, 6) is -0.841. The van der Waals surface area contributed by atoms with Crippen molar-refractivity contribution in [1.29, 1.82) is 0 Å². The van der Waals surface area contributed by atoms with E-state index >= 15 is 0 Å². The Morgan fingerprint density at radius 1 is 0.800 bits per heavy atom. The summed E-state index contributed by atoms with van der Waals surface area (Å²) in [5, 5.41) is 17.8. The van der Waals surface area contributed by atoms with E-state index in [0.29, 0.717) is 17.2 Å². The molecule has 0 aliphatic carbocycles. The lowest BCUT2D eigenvalue weighted by Gasteiger charge is -1.98. The predicted molar refractivity (Wildman–Crippen MR) is 91.8 cm³/mol. The third-order valence-electron chi connectivity index (χ3n) is 3.50. The Morgan fingerprint density at radius 2 is 1.36 bits per heavy atom. The van der Waals surface area contributed by atoms with Crippen LogP contribution in [0.4, 0.5) is 5.69 Å². The molecule has 2 aromatic carbocycles. The van der Waals surface area contributed by atoms with Crippen molar-refractivity contribution in [2.24, 2.45) is 4.99 Å². The maximum Gasteiger partial charge on any atom is 0.335 e. The monoisotopic (exact) mass is 335 g/mol. The highest BCUT2D eigenvalue weighted by atomic mass is 16.4. The van der Waals surface area contributed by atoms with Gasteiger partial charge < -0.3 is 14.6 Å². The smallest absolute Gasteiger partial charge is 0.335 e. The third-order valence-corrected chi connectivity index (χ3v) is 3.50. The average molecular weight is 335 g/mol. The fourth-order valence-electron chi connectivity index (χ4n) is 2.18. The van der Waals surface area contributed by atoms with Gasteiger partial charge >= 0.3 is 11.9 Å². The molecule has 3 rings (SSSR count). The fourth-order valence-corrected chi connectivity index (χ4v) is 2.18. The van der Waals surface area contributed by atoms with Gasteiger partial charge in [-0.15, -0.1) is 0 Å². The van der Waals surface area contributed by atoms with Gasteiger partial charge in [0, 0.05) is 5.56 Å². The van der Waals surface area contributed by atoms with Crippen molar-refractivity contribution in [2.45, 2.75) is 0 Å². The number of carbonyl (C=O) groups is 2. The summed E-state index contributed by atoms with van der Waals surface area (Å²) in [7, 11) is 0. The molecular weight excluding hydrogens is 322 g/mol. The lowest BCUT2D eigenvalue weighted by atomic mass is 10.1. The molecule has 0 aliphatic rings. The van der Waals surface area contributed by atoms with Crippen molar-refractivity contribution >= 4 is 23.8 Å². The molecule has 0 saturated carbocycles. The summed E-state index contributed by atoms with van der Waals surface area (Å²) in [6.07, 6.45) is 1.53. The minimum absolute atomic E-state index is 0.198. The highest BCUT2D eigenvalue weighted by Crippen LogP contribution is 2.22. The van der Waals surface area contributed by atoms with Gasteiger partial charge in [-0.05, 0) is 48.5 Å². The second-order valence-electron chi connectivity index (χ2n) is 5.19. The molecule has 1 heterocycles. The number of rotatable bonds is 5. The summed E-state index contributed by atoms with van der Waals surface area (Å²) in [5.41, 5.74) is 1.77. The van der Waals surface area contributed by atoms with Crippen LogP contribution in [0.2, 0.25) is 0 Å². The van der Waals surface area contributed by atoms with E-state index in [4.69, 9.17) is 14.6 Å². The lowest BCUT2D eigenvalue weighted by Crippen LogP contribution is -1.94. The largest absolute Gasteiger partial charge is 0.478 e. The topological polar surface area (TPSA) is 100 Å². The summed E-state index contributed by atoms with van der Waals surface area (Å²) >= 11 is 0. The van der Waals surface area contributed by atoms with E-state index in [0.717, 1.165) is 5.56 Å². The van der Waals surface area contributed by atoms with Crippen LogP contribution in [-0.2, 0) is 0 Å². The van der Waals surface area contributed by atoms with Gasteiger partial charge in [-0.1, -0.05) is 12.1 Å². The first-order valence-electron chi connectivity index (χ1n) is 7.34. The molecular formula is C19H13NO5. The molecule has 25 heavy (non-hydrogen) atoms. The van der Waals surface area contributed by atoms with Crippen molar-refractivity contribution < 1.29 is 24.2 Å². The van der Waals surface area contributed by atoms with E-state index in [1.807, 2.05) is 0 Å².